The Morgan fingerprint density at radius 3 is 2.62 bits per heavy atom. The van der Waals surface area contributed by atoms with Crippen LogP contribution in [0.5, 0.6) is 0 Å². The third-order valence-corrected chi connectivity index (χ3v) is 5.01. The molecule has 2 aliphatic rings. The van der Waals surface area contributed by atoms with E-state index in [9.17, 15) is 5.11 Å². The number of rotatable bonds is 2. The summed E-state index contributed by atoms with van der Waals surface area (Å²) in [6.07, 6.45) is 5.86. The SMILES string of the molecule is NCc1cnc2ccccc2c1N1C2CCC1CC(O)C2. The molecule has 2 bridgehead atoms. The number of hydrogen-bond donors (Lipinski definition) is 2. The zero-order chi connectivity index (χ0) is 14.4. The summed E-state index contributed by atoms with van der Waals surface area (Å²) < 4.78 is 0. The molecule has 2 unspecified atom stereocenters. The van der Waals surface area contributed by atoms with Gasteiger partial charge in [-0.1, -0.05) is 18.2 Å². The van der Waals surface area contributed by atoms with E-state index in [2.05, 4.69) is 28.1 Å². The van der Waals surface area contributed by atoms with Crippen LogP contribution in [0.2, 0.25) is 0 Å². The zero-order valence-corrected chi connectivity index (χ0v) is 12.1. The summed E-state index contributed by atoms with van der Waals surface area (Å²) in [5.74, 6) is 0. The Morgan fingerprint density at radius 2 is 1.90 bits per heavy atom. The van der Waals surface area contributed by atoms with E-state index in [0.29, 0.717) is 18.6 Å². The van der Waals surface area contributed by atoms with Gasteiger partial charge in [0, 0.05) is 35.8 Å². The molecule has 4 rings (SSSR count). The van der Waals surface area contributed by atoms with Crippen LogP contribution in [-0.2, 0) is 6.54 Å². The van der Waals surface area contributed by atoms with Crippen LogP contribution in [-0.4, -0.2) is 28.3 Å². The lowest BCUT2D eigenvalue weighted by Crippen LogP contribution is -2.45. The van der Waals surface area contributed by atoms with Gasteiger partial charge < -0.3 is 15.7 Å². The molecule has 2 atom stereocenters. The van der Waals surface area contributed by atoms with Crippen molar-refractivity contribution in [2.45, 2.75) is 50.4 Å². The van der Waals surface area contributed by atoms with E-state index in [4.69, 9.17) is 5.73 Å². The first kappa shape index (κ1) is 13.0. The average molecular weight is 283 g/mol. The lowest BCUT2D eigenvalue weighted by Gasteiger charge is -2.40. The molecule has 2 saturated heterocycles. The standard InChI is InChI=1S/C17H21N3O/c18-9-11-10-19-16-4-2-1-3-15(16)17(11)20-12-5-6-13(20)8-14(21)7-12/h1-4,10,12-14,21H,5-9,18H2. The van der Waals surface area contributed by atoms with E-state index >= 15 is 0 Å². The van der Waals surface area contributed by atoms with Gasteiger partial charge >= 0.3 is 0 Å². The van der Waals surface area contributed by atoms with Crippen LogP contribution < -0.4 is 10.6 Å². The van der Waals surface area contributed by atoms with Gasteiger partial charge in [-0.2, -0.15) is 0 Å². The van der Waals surface area contributed by atoms with Gasteiger partial charge in [0.1, 0.15) is 0 Å². The van der Waals surface area contributed by atoms with E-state index in [1.54, 1.807) is 0 Å². The third kappa shape index (κ3) is 2.01. The minimum atomic E-state index is -0.145. The first-order valence-electron chi connectivity index (χ1n) is 7.81. The van der Waals surface area contributed by atoms with Gasteiger partial charge in [0.2, 0.25) is 0 Å². The average Bonchev–Trinajstić information content (AvgIpc) is 2.77. The van der Waals surface area contributed by atoms with Crippen molar-refractivity contribution < 1.29 is 5.11 Å². The zero-order valence-electron chi connectivity index (χ0n) is 12.1. The molecule has 3 N–H and O–H groups in total. The van der Waals surface area contributed by atoms with Gasteiger partial charge in [-0.25, -0.2) is 0 Å². The largest absolute Gasteiger partial charge is 0.393 e. The third-order valence-electron chi connectivity index (χ3n) is 5.01. The van der Waals surface area contributed by atoms with Gasteiger partial charge in [-0.15, -0.1) is 0 Å². The van der Waals surface area contributed by atoms with Crippen molar-refractivity contribution in [3.05, 3.63) is 36.0 Å². The molecule has 1 aromatic heterocycles. The van der Waals surface area contributed by atoms with Crippen LogP contribution in [0.3, 0.4) is 0 Å². The highest BCUT2D eigenvalue weighted by atomic mass is 16.3. The van der Waals surface area contributed by atoms with Gasteiger partial charge in [0.25, 0.3) is 0 Å². The smallest absolute Gasteiger partial charge is 0.0723 e. The molecule has 0 saturated carbocycles. The Balaban J connectivity index is 1.89. The van der Waals surface area contributed by atoms with Gasteiger partial charge in [0.15, 0.2) is 0 Å². The van der Waals surface area contributed by atoms with Crippen LogP contribution >= 0.6 is 0 Å². The lowest BCUT2D eigenvalue weighted by molar-refractivity contribution is 0.126. The predicted octanol–water partition coefficient (Wildman–Crippen LogP) is 2.19. The van der Waals surface area contributed by atoms with Crippen molar-refractivity contribution in [3.8, 4) is 0 Å². The summed E-state index contributed by atoms with van der Waals surface area (Å²) >= 11 is 0. The van der Waals surface area contributed by atoms with E-state index in [1.807, 2.05) is 12.3 Å². The Hall–Kier alpha value is -1.65. The molecule has 1 aromatic carbocycles. The first-order valence-corrected chi connectivity index (χ1v) is 7.81. The molecule has 110 valence electrons. The molecule has 2 aromatic rings. The Labute approximate surface area is 124 Å². The van der Waals surface area contributed by atoms with Gasteiger partial charge in [0.05, 0.1) is 17.3 Å². The van der Waals surface area contributed by atoms with Crippen molar-refractivity contribution in [2.75, 3.05) is 4.90 Å². The van der Waals surface area contributed by atoms with Gasteiger partial charge in [-0.05, 0) is 31.7 Å². The molecule has 0 amide bonds. The van der Waals surface area contributed by atoms with E-state index in [1.165, 1.54) is 23.9 Å². The van der Waals surface area contributed by atoms with Crippen molar-refractivity contribution in [1.29, 1.82) is 0 Å². The Kier molecular flexibility index (Phi) is 3.08. The minimum Gasteiger partial charge on any atom is -0.393 e. The molecule has 0 aliphatic carbocycles. The number of hydrogen-bond acceptors (Lipinski definition) is 4. The second-order valence-electron chi connectivity index (χ2n) is 6.27. The molecule has 3 heterocycles. The number of nitrogens with two attached hydrogens (primary N) is 1. The fourth-order valence-electron chi connectivity index (χ4n) is 4.14. The van der Waals surface area contributed by atoms with Crippen molar-refractivity contribution in [3.63, 3.8) is 0 Å². The number of benzene rings is 1. The second-order valence-corrected chi connectivity index (χ2v) is 6.27. The maximum Gasteiger partial charge on any atom is 0.0723 e. The molecule has 4 heteroatoms. The molecule has 4 nitrogen and oxygen atoms in total. The van der Waals surface area contributed by atoms with Crippen LogP contribution in [0, 0.1) is 0 Å². The number of aliphatic hydroxyl groups is 1. The number of aromatic nitrogens is 1. The molecule has 0 spiro atoms. The van der Waals surface area contributed by atoms with E-state index in [-0.39, 0.29) is 6.10 Å². The molecule has 21 heavy (non-hydrogen) atoms. The maximum absolute atomic E-state index is 10.0. The number of pyridine rings is 1. The summed E-state index contributed by atoms with van der Waals surface area (Å²) in [6.45, 7) is 0.506. The van der Waals surface area contributed by atoms with Gasteiger partial charge in [-0.3, -0.25) is 4.98 Å². The second kappa shape index (κ2) is 4.97. The summed E-state index contributed by atoms with van der Waals surface area (Å²) in [5, 5.41) is 11.2. The molecular weight excluding hydrogens is 262 g/mol. The highest BCUT2D eigenvalue weighted by Crippen LogP contribution is 2.43. The van der Waals surface area contributed by atoms with Crippen molar-refractivity contribution in [2.24, 2.45) is 5.73 Å². The summed E-state index contributed by atoms with van der Waals surface area (Å²) in [4.78, 5) is 7.06. The van der Waals surface area contributed by atoms with E-state index in [0.717, 1.165) is 23.9 Å². The number of piperidine rings is 1. The van der Waals surface area contributed by atoms with Crippen LogP contribution in [0.4, 0.5) is 5.69 Å². The monoisotopic (exact) mass is 283 g/mol. The topological polar surface area (TPSA) is 62.4 Å². The highest BCUT2D eigenvalue weighted by molar-refractivity contribution is 5.93. The fourth-order valence-corrected chi connectivity index (χ4v) is 4.14. The van der Waals surface area contributed by atoms with Crippen LogP contribution in [0.1, 0.15) is 31.2 Å². The van der Waals surface area contributed by atoms with E-state index < -0.39 is 0 Å². The Bertz CT molecular complexity index is 658. The normalized spacial score (nSPS) is 28.3. The highest BCUT2D eigenvalue weighted by Gasteiger charge is 2.41. The van der Waals surface area contributed by atoms with Crippen molar-refractivity contribution >= 4 is 16.6 Å². The summed E-state index contributed by atoms with van der Waals surface area (Å²) in [7, 11) is 0. The maximum atomic E-state index is 10.0. The lowest BCUT2D eigenvalue weighted by atomic mass is 9.96. The van der Waals surface area contributed by atoms with Crippen LogP contribution in [0.25, 0.3) is 10.9 Å². The quantitative estimate of drug-likeness (QED) is 0.887. The Morgan fingerprint density at radius 1 is 1.19 bits per heavy atom. The predicted molar refractivity (Wildman–Crippen MR) is 84.2 cm³/mol. The minimum absolute atomic E-state index is 0.145. The molecule has 2 aliphatic heterocycles. The number of aliphatic hydroxyl groups excluding tert-OH is 1. The molecular formula is C17H21N3O. The first-order chi connectivity index (χ1) is 10.3. The fraction of sp³-hybridized carbons (Fsp3) is 0.471. The molecule has 2 fully saturated rings. The number of nitrogens with zero attached hydrogens (tertiary/aromatic N) is 2. The summed E-state index contributed by atoms with van der Waals surface area (Å²) in [6, 6.07) is 9.16. The van der Waals surface area contributed by atoms with Crippen LogP contribution in [0.15, 0.2) is 30.5 Å². The number of para-hydroxylation sites is 1. The number of anilines is 1. The molecule has 0 radical (unpaired) electrons. The van der Waals surface area contributed by atoms with Crippen molar-refractivity contribution in [1.82, 2.24) is 4.98 Å². The summed E-state index contributed by atoms with van der Waals surface area (Å²) in [5.41, 5.74) is 9.36. The number of fused-ring (bicyclic) bond motifs is 3.